The summed E-state index contributed by atoms with van der Waals surface area (Å²) in [6.45, 7) is 2.70. The fraction of sp³-hybridized carbons (Fsp3) is 0.263. The minimum absolute atomic E-state index is 0.210. The molecule has 3 aromatic rings. The Bertz CT molecular complexity index is 1020. The zero-order valence-corrected chi connectivity index (χ0v) is 14.9. The minimum atomic E-state index is -4.44. The van der Waals surface area contributed by atoms with Crippen molar-refractivity contribution < 1.29 is 21.6 Å². The fourth-order valence-electron chi connectivity index (χ4n) is 2.97. The molecule has 2 aromatic carbocycles. The highest BCUT2D eigenvalue weighted by atomic mass is 32.2. The summed E-state index contributed by atoms with van der Waals surface area (Å²) in [4.78, 5) is 0.210. The lowest BCUT2D eigenvalue weighted by molar-refractivity contribution is -0.137. The van der Waals surface area contributed by atoms with E-state index in [-0.39, 0.29) is 10.6 Å². The Morgan fingerprint density at radius 1 is 1.00 bits per heavy atom. The van der Waals surface area contributed by atoms with Crippen LogP contribution in [0.15, 0.2) is 59.6 Å². The van der Waals surface area contributed by atoms with Gasteiger partial charge in [0.25, 0.3) is 0 Å². The molecule has 0 saturated carbocycles. The summed E-state index contributed by atoms with van der Waals surface area (Å²) in [5.41, 5.74) is 0.365. The third-order valence-corrected chi connectivity index (χ3v) is 5.90. The van der Waals surface area contributed by atoms with Gasteiger partial charge in [-0.15, -0.1) is 0 Å². The van der Waals surface area contributed by atoms with E-state index in [2.05, 4.69) is 0 Å². The molecule has 0 aliphatic carbocycles. The highest BCUT2D eigenvalue weighted by Crippen LogP contribution is 2.31. The zero-order valence-electron chi connectivity index (χ0n) is 14.1. The van der Waals surface area contributed by atoms with Crippen LogP contribution in [0.2, 0.25) is 0 Å². The van der Waals surface area contributed by atoms with E-state index in [0.29, 0.717) is 17.5 Å². The summed E-state index contributed by atoms with van der Waals surface area (Å²) in [7, 11) is -3.69. The lowest BCUT2D eigenvalue weighted by atomic mass is 10.1. The summed E-state index contributed by atoms with van der Waals surface area (Å²) in [6.07, 6.45) is -1.96. The molecule has 0 bridgehead atoms. The van der Waals surface area contributed by atoms with E-state index in [9.17, 15) is 21.6 Å². The number of para-hydroxylation sites is 1. The molecule has 1 aromatic heterocycles. The van der Waals surface area contributed by atoms with Gasteiger partial charge in [-0.2, -0.15) is 13.2 Å². The van der Waals surface area contributed by atoms with Crippen LogP contribution < -0.4 is 0 Å². The van der Waals surface area contributed by atoms with Gasteiger partial charge in [0.05, 0.1) is 16.2 Å². The van der Waals surface area contributed by atoms with Crippen LogP contribution in [-0.2, 0) is 28.3 Å². The number of hydrogen-bond donors (Lipinski definition) is 0. The lowest BCUT2D eigenvalue weighted by Crippen LogP contribution is -2.07. The van der Waals surface area contributed by atoms with E-state index >= 15 is 0 Å². The van der Waals surface area contributed by atoms with E-state index in [1.807, 2.05) is 23.6 Å². The van der Waals surface area contributed by atoms with Gasteiger partial charge in [0, 0.05) is 23.6 Å². The first-order valence-corrected chi connectivity index (χ1v) is 9.84. The van der Waals surface area contributed by atoms with Crippen molar-refractivity contribution in [2.45, 2.75) is 36.7 Å². The topological polar surface area (TPSA) is 39.1 Å². The second-order valence-corrected chi connectivity index (χ2v) is 8.12. The second-order valence-electron chi connectivity index (χ2n) is 6.16. The Hall–Kier alpha value is -2.28. The first-order chi connectivity index (χ1) is 12.2. The number of benzene rings is 2. The summed E-state index contributed by atoms with van der Waals surface area (Å²) >= 11 is 0. The molecule has 0 aliphatic rings. The van der Waals surface area contributed by atoms with Gasteiger partial charge in [0.2, 0.25) is 0 Å². The number of halogens is 3. The molecule has 0 spiro atoms. The van der Waals surface area contributed by atoms with Crippen LogP contribution in [-0.4, -0.2) is 13.0 Å². The maximum absolute atomic E-state index is 12.9. The van der Waals surface area contributed by atoms with Crippen LogP contribution in [0, 0.1) is 0 Å². The molecule has 0 radical (unpaired) electrons. The van der Waals surface area contributed by atoms with Gasteiger partial charge in [0.1, 0.15) is 0 Å². The van der Waals surface area contributed by atoms with E-state index in [0.717, 1.165) is 24.1 Å². The first kappa shape index (κ1) is 18.5. The van der Waals surface area contributed by atoms with E-state index < -0.39 is 21.6 Å². The molecule has 3 nitrogen and oxygen atoms in total. The quantitative estimate of drug-likeness (QED) is 0.621. The third kappa shape index (κ3) is 3.62. The highest BCUT2D eigenvalue weighted by Gasteiger charge is 2.30. The molecule has 26 heavy (non-hydrogen) atoms. The van der Waals surface area contributed by atoms with Crippen molar-refractivity contribution in [3.05, 3.63) is 65.9 Å². The molecule has 0 atom stereocenters. The molecule has 0 fully saturated rings. The Morgan fingerprint density at radius 2 is 1.65 bits per heavy atom. The molecule has 7 heteroatoms. The molecule has 0 aliphatic heterocycles. The van der Waals surface area contributed by atoms with Gasteiger partial charge in [-0.3, -0.25) is 0 Å². The molecule has 3 rings (SSSR count). The van der Waals surface area contributed by atoms with Crippen molar-refractivity contribution in [3.8, 4) is 0 Å². The van der Waals surface area contributed by atoms with Crippen LogP contribution in [0.1, 0.15) is 24.5 Å². The van der Waals surface area contributed by atoms with Crippen molar-refractivity contribution in [2.75, 3.05) is 0 Å². The molecule has 0 saturated heterocycles. The molecule has 0 N–H and O–H groups in total. The fourth-order valence-corrected chi connectivity index (χ4v) is 4.56. The summed E-state index contributed by atoms with van der Waals surface area (Å²) in [5, 5.41) is 0.632. The number of nitrogens with zero attached hydrogens (tertiary/aromatic N) is 1. The smallest absolute Gasteiger partial charge is 0.346 e. The third-order valence-electron chi connectivity index (χ3n) is 4.19. The number of fused-ring (bicyclic) bond motifs is 1. The summed E-state index contributed by atoms with van der Waals surface area (Å²) in [5.74, 6) is -0.342. The Morgan fingerprint density at radius 3 is 2.27 bits per heavy atom. The Balaban J connectivity index is 1.97. The number of rotatable bonds is 5. The van der Waals surface area contributed by atoms with Gasteiger partial charge in [-0.1, -0.05) is 37.3 Å². The normalized spacial score (nSPS) is 12.6. The molecular weight excluding hydrogens is 363 g/mol. The molecule has 1 heterocycles. The van der Waals surface area contributed by atoms with Crippen molar-refractivity contribution in [2.24, 2.45) is 0 Å². The maximum atomic E-state index is 12.9. The number of hydrogen-bond acceptors (Lipinski definition) is 2. The van der Waals surface area contributed by atoms with E-state index in [1.54, 1.807) is 18.3 Å². The average Bonchev–Trinajstić information content (AvgIpc) is 2.94. The van der Waals surface area contributed by atoms with Crippen molar-refractivity contribution in [1.82, 2.24) is 4.57 Å². The first-order valence-electron chi connectivity index (χ1n) is 8.19. The van der Waals surface area contributed by atoms with Crippen LogP contribution in [0.4, 0.5) is 13.2 Å². The van der Waals surface area contributed by atoms with Crippen molar-refractivity contribution >= 4 is 20.7 Å². The largest absolute Gasteiger partial charge is 0.416 e. The number of sulfone groups is 1. The molecular formula is C19H18F3NO2S. The monoisotopic (exact) mass is 381 g/mol. The number of aryl methyl sites for hydroxylation is 1. The standard InChI is InChI=1S/C19H18F3NO2S/c1-2-11-23-12-18(16-5-3-4-6-17(16)23)26(24,25)13-14-7-9-15(10-8-14)19(20,21)22/h3-10,12H,2,11,13H2,1H3. The van der Waals surface area contributed by atoms with E-state index in [4.69, 9.17) is 0 Å². The minimum Gasteiger partial charge on any atom is -0.346 e. The van der Waals surface area contributed by atoms with Gasteiger partial charge >= 0.3 is 6.18 Å². The van der Waals surface area contributed by atoms with Crippen molar-refractivity contribution in [1.29, 1.82) is 0 Å². The molecule has 138 valence electrons. The SMILES string of the molecule is CCCn1cc(S(=O)(=O)Cc2ccc(C(F)(F)F)cc2)c2ccccc21. The summed E-state index contributed by atoms with van der Waals surface area (Å²) in [6, 6.07) is 11.5. The van der Waals surface area contributed by atoms with Gasteiger partial charge in [0.15, 0.2) is 9.84 Å². The number of aromatic nitrogens is 1. The maximum Gasteiger partial charge on any atom is 0.416 e. The van der Waals surface area contributed by atoms with Gasteiger partial charge in [-0.25, -0.2) is 8.42 Å². The predicted molar refractivity (Wildman–Crippen MR) is 94.6 cm³/mol. The predicted octanol–water partition coefficient (Wildman–Crippen LogP) is 5.04. The van der Waals surface area contributed by atoms with E-state index in [1.165, 1.54) is 12.1 Å². The van der Waals surface area contributed by atoms with Gasteiger partial charge in [-0.05, 0) is 30.2 Å². The zero-order chi connectivity index (χ0) is 18.9. The highest BCUT2D eigenvalue weighted by molar-refractivity contribution is 7.90. The van der Waals surface area contributed by atoms with Crippen LogP contribution >= 0.6 is 0 Å². The number of alkyl halides is 3. The average molecular weight is 381 g/mol. The Labute approximate surface area is 150 Å². The Kier molecular flexibility index (Phi) is 4.84. The molecule has 0 amide bonds. The summed E-state index contributed by atoms with van der Waals surface area (Å²) < 4.78 is 65.6. The van der Waals surface area contributed by atoms with Crippen LogP contribution in [0.25, 0.3) is 10.9 Å². The van der Waals surface area contributed by atoms with Crippen molar-refractivity contribution in [3.63, 3.8) is 0 Å². The van der Waals surface area contributed by atoms with Gasteiger partial charge < -0.3 is 4.57 Å². The second kappa shape index (κ2) is 6.79. The van der Waals surface area contributed by atoms with Crippen LogP contribution in [0.5, 0.6) is 0 Å². The lowest BCUT2D eigenvalue weighted by Gasteiger charge is -2.08. The molecule has 0 unspecified atom stereocenters. The van der Waals surface area contributed by atoms with Crippen LogP contribution in [0.3, 0.4) is 0 Å².